The molecule has 0 radical (unpaired) electrons. The summed E-state index contributed by atoms with van der Waals surface area (Å²) in [5.41, 5.74) is 0. The van der Waals surface area contributed by atoms with Gasteiger partial charge < -0.3 is 15.2 Å². The predicted molar refractivity (Wildman–Crippen MR) is 78.8 cm³/mol. The van der Waals surface area contributed by atoms with Crippen LogP contribution in [0.1, 0.15) is 6.42 Å². The SMILES string of the molecule is C=CCOCC(NC(=O)CC1CSCCS1)C(=O)O. The van der Waals surface area contributed by atoms with Gasteiger partial charge in [0.1, 0.15) is 0 Å². The monoisotopic (exact) mass is 305 g/mol. The van der Waals surface area contributed by atoms with Gasteiger partial charge >= 0.3 is 5.97 Å². The summed E-state index contributed by atoms with van der Waals surface area (Å²) in [5.74, 6) is 1.81. The highest BCUT2D eigenvalue weighted by molar-refractivity contribution is 8.06. The number of thioether (sulfide) groups is 2. The maximum Gasteiger partial charge on any atom is 0.328 e. The zero-order valence-corrected chi connectivity index (χ0v) is 12.3. The van der Waals surface area contributed by atoms with Crippen molar-refractivity contribution in [3.63, 3.8) is 0 Å². The third-order valence-corrected chi connectivity index (χ3v) is 5.30. The molecule has 0 aromatic carbocycles. The lowest BCUT2D eigenvalue weighted by Crippen LogP contribution is -2.45. The molecule has 0 aromatic heterocycles. The second-order valence-corrected chi connectivity index (χ2v) is 6.61. The van der Waals surface area contributed by atoms with E-state index in [9.17, 15) is 9.59 Å². The van der Waals surface area contributed by atoms with Gasteiger partial charge in [-0.05, 0) is 0 Å². The first kappa shape index (κ1) is 16.4. The van der Waals surface area contributed by atoms with Crippen LogP contribution in [0.15, 0.2) is 12.7 Å². The third-order valence-electron chi connectivity index (χ3n) is 2.45. The average Bonchev–Trinajstić information content (AvgIpc) is 2.38. The minimum Gasteiger partial charge on any atom is -0.480 e. The molecule has 1 aliphatic heterocycles. The second-order valence-electron chi connectivity index (χ2n) is 4.06. The van der Waals surface area contributed by atoms with E-state index in [1.54, 1.807) is 11.8 Å². The van der Waals surface area contributed by atoms with Crippen molar-refractivity contribution in [1.82, 2.24) is 5.32 Å². The molecule has 2 N–H and O–H groups in total. The maximum absolute atomic E-state index is 11.8. The predicted octanol–water partition coefficient (Wildman–Crippen LogP) is 0.997. The van der Waals surface area contributed by atoms with Gasteiger partial charge in [0.2, 0.25) is 5.91 Å². The molecule has 2 atom stereocenters. The van der Waals surface area contributed by atoms with Gasteiger partial charge in [-0.3, -0.25) is 4.79 Å². The van der Waals surface area contributed by atoms with Crippen molar-refractivity contribution in [2.24, 2.45) is 0 Å². The van der Waals surface area contributed by atoms with Gasteiger partial charge in [0, 0.05) is 28.9 Å². The Morgan fingerprint density at radius 1 is 1.53 bits per heavy atom. The molecule has 1 aliphatic rings. The smallest absolute Gasteiger partial charge is 0.328 e. The molecule has 5 nitrogen and oxygen atoms in total. The molecule has 1 amide bonds. The van der Waals surface area contributed by atoms with Crippen LogP contribution in [-0.2, 0) is 14.3 Å². The van der Waals surface area contributed by atoms with E-state index in [1.807, 2.05) is 11.8 Å². The molecule has 2 unspecified atom stereocenters. The van der Waals surface area contributed by atoms with Gasteiger partial charge in [-0.2, -0.15) is 23.5 Å². The third kappa shape index (κ3) is 6.89. The van der Waals surface area contributed by atoms with E-state index in [2.05, 4.69) is 11.9 Å². The highest BCUT2D eigenvalue weighted by Gasteiger charge is 2.23. The molecule has 1 saturated heterocycles. The summed E-state index contributed by atoms with van der Waals surface area (Å²) < 4.78 is 5.07. The lowest BCUT2D eigenvalue weighted by Gasteiger charge is -2.21. The zero-order chi connectivity index (χ0) is 14.1. The molecular formula is C12H19NO4S2. The largest absolute Gasteiger partial charge is 0.480 e. The minimum atomic E-state index is -1.08. The van der Waals surface area contributed by atoms with Crippen LogP contribution in [-0.4, -0.2) is 58.7 Å². The van der Waals surface area contributed by atoms with E-state index in [0.29, 0.717) is 6.42 Å². The Morgan fingerprint density at radius 2 is 2.32 bits per heavy atom. The first-order chi connectivity index (χ1) is 9.13. The first-order valence-corrected chi connectivity index (χ1v) is 8.24. The Hall–Kier alpha value is -0.660. The Morgan fingerprint density at radius 3 is 2.89 bits per heavy atom. The number of aliphatic carboxylic acids is 1. The fourth-order valence-corrected chi connectivity index (χ4v) is 4.24. The highest BCUT2D eigenvalue weighted by Crippen LogP contribution is 2.26. The van der Waals surface area contributed by atoms with Crippen LogP contribution in [0.2, 0.25) is 0 Å². The van der Waals surface area contributed by atoms with Crippen LogP contribution in [0.5, 0.6) is 0 Å². The molecule has 19 heavy (non-hydrogen) atoms. The van der Waals surface area contributed by atoms with Gasteiger partial charge in [0.25, 0.3) is 0 Å². The van der Waals surface area contributed by atoms with E-state index in [1.165, 1.54) is 6.08 Å². The normalized spacial score (nSPS) is 20.5. The van der Waals surface area contributed by atoms with E-state index >= 15 is 0 Å². The molecule has 0 saturated carbocycles. The topological polar surface area (TPSA) is 75.6 Å². The average molecular weight is 305 g/mol. The lowest BCUT2D eigenvalue weighted by atomic mass is 10.2. The zero-order valence-electron chi connectivity index (χ0n) is 10.7. The number of carboxylic acid groups (broad SMARTS) is 1. The van der Waals surface area contributed by atoms with E-state index < -0.39 is 12.0 Å². The number of ether oxygens (including phenoxy) is 1. The summed E-state index contributed by atoms with van der Waals surface area (Å²) in [6.07, 6.45) is 1.90. The summed E-state index contributed by atoms with van der Waals surface area (Å²) in [5, 5.41) is 11.8. The molecule has 0 spiro atoms. The van der Waals surface area contributed by atoms with E-state index in [0.717, 1.165) is 17.3 Å². The summed E-state index contributed by atoms with van der Waals surface area (Å²) in [7, 11) is 0. The van der Waals surface area contributed by atoms with Crippen molar-refractivity contribution in [3.8, 4) is 0 Å². The maximum atomic E-state index is 11.8. The Bertz CT molecular complexity index is 319. The summed E-state index contributed by atoms with van der Waals surface area (Å²) in [6, 6.07) is -0.992. The van der Waals surface area contributed by atoms with Gasteiger partial charge in [-0.25, -0.2) is 4.79 Å². The number of amides is 1. The molecule has 1 heterocycles. The van der Waals surface area contributed by atoms with Gasteiger partial charge in [0.15, 0.2) is 6.04 Å². The highest BCUT2D eigenvalue weighted by atomic mass is 32.2. The van der Waals surface area contributed by atoms with Crippen molar-refractivity contribution in [3.05, 3.63) is 12.7 Å². The number of carbonyl (C=O) groups is 2. The van der Waals surface area contributed by atoms with Gasteiger partial charge in [-0.15, -0.1) is 6.58 Å². The van der Waals surface area contributed by atoms with Crippen LogP contribution < -0.4 is 5.32 Å². The standard InChI is InChI=1S/C12H19NO4S2/c1-2-3-17-7-10(12(15)16)13-11(14)6-9-8-18-4-5-19-9/h2,9-10H,1,3-8H2,(H,13,14)(H,15,16). The first-order valence-electron chi connectivity index (χ1n) is 6.03. The fraction of sp³-hybridized carbons (Fsp3) is 0.667. The number of hydrogen-bond acceptors (Lipinski definition) is 5. The van der Waals surface area contributed by atoms with Crippen molar-refractivity contribution >= 4 is 35.4 Å². The van der Waals surface area contributed by atoms with Gasteiger partial charge in [-0.1, -0.05) is 6.08 Å². The Balaban J connectivity index is 2.33. The number of nitrogens with one attached hydrogen (secondary N) is 1. The summed E-state index contributed by atoms with van der Waals surface area (Å²) >= 11 is 3.61. The number of hydrogen-bond donors (Lipinski definition) is 2. The second kappa shape index (κ2) is 9.28. The molecule has 0 bridgehead atoms. The van der Waals surface area contributed by atoms with Gasteiger partial charge in [0.05, 0.1) is 13.2 Å². The van der Waals surface area contributed by atoms with Crippen molar-refractivity contribution in [2.45, 2.75) is 17.7 Å². The molecule has 1 fully saturated rings. The summed E-state index contributed by atoms with van der Waals surface area (Å²) in [4.78, 5) is 22.8. The molecular weight excluding hydrogens is 286 g/mol. The van der Waals surface area contributed by atoms with Crippen molar-refractivity contribution in [2.75, 3.05) is 30.5 Å². The van der Waals surface area contributed by atoms with Crippen molar-refractivity contribution < 1.29 is 19.4 Å². The lowest BCUT2D eigenvalue weighted by molar-refractivity contribution is -0.143. The van der Waals surface area contributed by atoms with Crippen LogP contribution in [0.25, 0.3) is 0 Å². The molecule has 0 aliphatic carbocycles. The number of carboxylic acids is 1. The molecule has 0 aromatic rings. The quantitative estimate of drug-likeness (QED) is 0.515. The van der Waals surface area contributed by atoms with Crippen LogP contribution >= 0.6 is 23.5 Å². The molecule has 108 valence electrons. The molecule has 1 rings (SSSR count). The number of carbonyl (C=O) groups excluding carboxylic acids is 1. The number of rotatable bonds is 8. The fourth-order valence-electron chi connectivity index (χ4n) is 1.56. The molecule has 7 heteroatoms. The van der Waals surface area contributed by atoms with E-state index in [-0.39, 0.29) is 24.4 Å². The van der Waals surface area contributed by atoms with Crippen LogP contribution in [0, 0.1) is 0 Å². The van der Waals surface area contributed by atoms with Crippen LogP contribution in [0.3, 0.4) is 0 Å². The minimum absolute atomic E-state index is 0.0420. The van der Waals surface area contributed by atoms with Crippen LogP contribution in [0.4, 0.5) is 0 Å². The summed E-state index contributed by atoms with van der Waals surface area (Å²) in [6.45, 7) is 3.71. The Labute approximate surface area is 121 Å². The van der Waals surface area contributed by atoms with Crippen molar-refractivity contribution in [1.29, 1.82) is 0 Å². The Kier molecular flexibility index (Phi) is 8.00. The van der Waals surface area contributed by atoms with E-state index in [4.69, 9.17) is 9.84 Å².